The molecule has 1 rings (SSSR count). The van der Waals surface area contributed by atoms with E-state index in [4.69, 9.17) is 0 Å². The molecule has 0 radical (unpaired) electrons. The van der Waals surface area contributed by atoms with E-state index in [1.807, 2.05) is 25.1 Å². The van der Waals surface area contributed by atoms with E-state index in [-0.39, 0.29) is 5.91 Å². The number of anilines is 1. The Kier molecular flexibility index (Phi) is 7.13. The lowest BCUT2D eigenvalue weighted by Gasteiger charge is -2.13. The first-order valence-electron chi connectivity index (χ1n) is 7.67. The average Bonchev–Trinajstić information content (AvgIpc) is 2.41. The molecule has 1 aromatic rings. The van der Waals surface area contributed by atoms with Gasteiger partial charge in [0.15, 0.2) is 0 Å². The molecule has 0 spiro atoms. The third kappa shape index (κ3) is 5.64. The number of amides is 1. The van der Waals surface area contributed by atoms with E-state index in [2.05, 4.69) is 31.4 Å². The Hall–Kier alpha value is -1.51. The van der Waals surface area contributed by atoms with Gasteiger partial charge in [-0.05, 0) is 49.8 Å². The number of carbonyl (C=O) groups is 1. The molecule has 1 aromatic carbocycles. The van der Waals surface area contributed by atoms with Gasteiger partial charge >= 0.3 is 0 Å². The van der Waals surface area contributed by atoms with Crippen LogP contribution in [0.4, 0.5) is 5.69 Å². The minimum absolute atomic E-state index is 0.0207. The van der Waals surface area contributed by atoms with E-state index in [0.717, 1.165) is 43.6 Å². The van der Waals surface area contributed by atoms with Crippen LogP contribution in [0.1, 0.15) is 56.0 Å². The number of hydrogen-bond acceptors (Lipinski definition) is 2. The van der Waals surface area contributed by atoms with E-state index in [1.165, 1.54) is 5.56 Å². The van der Waals surface area contributed by atoms with Crippen LogP contribution in [-0.2, 0) is 0 Å². The maximum atomic E-state index is 12.2. The predicted octanol–water partition coefficient (Wildman–Crippen LogP) is 3.98. The molecular formula is C17H28N2O. The van der Waals surface area contributed by atoms with E-state index in [0.29, 0.717) is 5.92 Å². The Morgan fingerprint density at radius 1 is 1.25 bits per heavy atom. The SMILES string of the molecule is CCCNc1cc(C)ccc1C(=O)NCCCC(C)C. The van der Waals surface area contributed by atoms with Gasteiger partial charge in [0.1, 0.15) is 0 Å². The van der Waals surface area contributed by atoms with Crippen LogP contribution in [0.15, 0.2) is 18.2 Å². The van der Waals surface area contributed by atoms with Gasteiger partial charge in [0.25, 0.3) is 5.91 Å². The average molecular weight is 276 g/mol. The van der Waals surface area contributed by atoms with E-state index >= 15 is 0 Å². The number of rotatable bonds is 8. The first-order chi connectivity index (χ1) is 9.54. The van der Waals surface area contributed by atoms with Gasteiger partial charge < -0.3 is 10.6 Å². The second-order valence-corrected chi connectivity index (χ2v) is 5.77. The summed E-state index contributed by atoms with van der Waals surface area (Å²) in [6.45, 7) is 10.2. The lowest BCUT2D eigenvalue weighted by molar-refractivity contribution is 0.0953. The van der Waals surface area contributed by atoms with E-state index < -0.39 is 0 Å². The normalized spacial score (nSPS) is 10.7. The Balaban J connectivity index is 2.61. The minimum atomic E-state index is 0.0207. The topological polar surface area (TPSA) is 41.1 Å². The molecular weight excluding hydrogens is 248 g/mol. The zero-order valence-corrected chi connectivity index (χ0v) is 13.3. The molecule has 0 saturated carbocycles. The summed E-state index contributed by atoms with van der Waals surface area (Å²) < 4.78 is 0. The highest BCUT2D eigenvalue weighted by Crippen LogP contribution is 2.17. The van der Waals surface area contributed by atoms with Crippen molar-refractivity contribution in [3.05, 3.63) is 29.3 Å². The van der Waals surface area contributed by atoms with E-state index in [1.54, 1.807) is 0 Å². The molecule has 112 valence electrons. The summed E-state index contributed by atoms with van der Waals surface area (Å²) >= 11 is 0. The zero-order valence-electron chi connectivity index (χ0n) is 13.3. The lowest BCUT2D eigenvalue weighted by Crippen LogP contribution is -2.25. The molecule has 0 aliphatic rings. The van der Waals surface area contributed by atoms with Gasteiger partial charge in [0.05, 0.1) is 5.56 Å². The largest absolute Gasteiger partial charge is 0.384 e. The quantitative estimate of drug-likeness (QED) is 0.705. The molecule has 0 aliphatic heterocycles. The van der Waals surface area contributed by atoms with Crippen LogP contribution in [0.25, 0.3) is 0 Å². The molecule has 0 bridgehead atoms. The Labute approximate surface area is 123 Å². The molecule has 0 heterocycles. The number of nitrogens with one attached hydrogen (secondary N) is 2. The summed E-state index contributed by atoms with van der Waals surface area (Å²) in [5, 5.41) is 6.34. The molecule has 3 nitrogen and oxygen atoms in total. The molecule has 0 aromatic heterocycles. The summed E-state index contributed by atoms with van der Waals surface area (Å²) in [4.78, 5) is 12.2. The summed E-state index contributed by atoms with van der Waals surface area (Å²) in [5.74, 6) is 0.709. The number of benzene rings is 1. The van der Waals surface area contributed by atoms with Gasteiger partial charge in [-0.15, -0.1) is 0 Å². The maximum Gasteiger partial charge on any atom is 0.253 e. The Morgan fingerprint density at radius 2 is 2.00 bits per heavy atom. The van der Waals surface area contributed by atoms with Crippen LogP contribution in [-0.4, -0.2) is 19.0 Å². The van der Waals surface area contributed by atoms with Crippen molar-refractivity contribution in [3.63, 3.8) is 0 Å². The van der Waals surface area contributed by atoms with Crippen molar-refractivity contribution < 1.29 is 4.79 Å². The van der Waals surface area contributed by atoms with Crippen molar-refractivity contribution in [2.45, 2.75) is 47.0 Å². The number of hydrogen-bond donors (Lipinski definition) is 2. The van der Waals surface area contributed by atoms with Crippen molar-refractivity contribution in [1.82, 2.24) is 5.32 Å². The fraction of sp³-hybridized carbons (Fsp3) is 0.588. The zero-order chi connectivity index (χ0) is 15.0. The molecule has 2 N–H and O–H groups in total. The first-order valence-corrected chi connectivity index (χ1v) is 7.67. The van der Waals surface area contributed by atoms with Crippen LogP contribution in [0.5, 0.6) is 0 Å². The Morgan fingerprint density at radius 3 is 2.65 bits per heavy atom. The van der Waals surface area contributed by atoms with Crippen LogP contribution in [0.2, 0.25) is 0 Å². The fourth-order valence-corrected chi connectivity index (χ4v) is 2.07. The third-order valence-corrected chi connectivity index (χ3v) is 3.23. The molecule has 0 unspecified atom stereocenters. The van der Waals surface area contributed by atoms with Crippen LogP contribution >= 0.6 is 0 Å². The molecule has 3 heteroatoms. The second kappa shape index (κ2) is 8.62. The highest BCUT2D eigenvalue weighted by Gasteiger charge is 2.10. The van der Waals surface area contributed by atoms with Crippen LogP contribution < -0.4 is 10.6 Å². The van der Waals surface area contributed by atoms with Gasteiger partial charge in [-0.1, -0.05) is 26.8 Å². The van der Waals surface area contributed by atoms with Gasteiger partial charge in [-0.25, -0.2) is 0 Å². The standard InChI is InChI=1S/C17H28N2O/c1-5-10-18-16-12-14(4)8-9-15(16)17(20)19-11-6-7-13(2)3/h8-9,12-13,18H,5-7,10-11H2,1-4H3,(H,19,20). The van der Waals surface area contributed by atoms with Crippen molar-refractivity contribution in [3.8, 4) is 0 Å². The molecule has 0 fully saturated rings. The monoisotopic (exact) mass is 276 g/mol. The highest BCUT2D eigenvalue weighted by atomic mass is 16.1. The smallest absolute Gasteiger partial charge is 0.253 e. The Bertz CT molecular complexity index is 427. The van der Waals surface area contributed by atoms with Crippen LogP contribution in [0.3, 0.4) is 0 Å². The number of carbonyl (C=O) groups excluding carboxylic acids is 1. The van der Waals surface area contributed by atoms with Crippen molar-refractivity contribution >= 4 is 11.6 Å². The van der Waals surface area contributed by atoms with Crippen LogP contribution in [0, 0.1) is 12.8 Å². The number of aryl methyl sites for hydroxylation is 1. The van der Waals surface area contributed by atoms with Crippen molar-refractivity contribution in [1.29, 1.82) is 0 Å². The van der Waals surface area contributed by atoms with Gasteiger partial charge in [-0.2, -0.15) is 0 Å². The first kappa shape index (κ1) is 16.5. The summed E-state index contributed by atoms with van der Waals surface area (Å²) in [5.41, 5.74) is 2.85. The second-order valence-electron chi connectivity index (χ2n) is 5.77. The third-order valence-electron chi connectivity index (χ3n) is 3.23. The predicted molar refractivity (Wildman–Crippen MR) is 86.4 cm³/mol. The summed E-state index contributed by atoms with van der Waals surface area (Å²) in [6.07, 6.45) is 3.23. The molecule has 20 heavy (non-hydrogen) atoms. The summed E-state index contributed by atoms with van der Waals surface area (Å²) in [7, 11) is 0. The molecule has 0 saturated heterocycles. The van der Waals surface area contributed by atoms with E-state index in [9.17, 15) is 4.79 Å². The molecule has 0 atom stereocenters. The van der Waals surface area contributed by atoms with Gasteiger partial charge in [0, 0.05) is 18.8 Å². The van der Waals surface area contributed by atoms with Crippen molar-refractivity contribution in [2.75, 3.05) is 18.4 Å². The lowest BCUT2D eigenvalue weighted by atomic mass is 10.1. The fourth-order valence-electron chi connectivity index (χ4n) is 2.07. The molecule has 1 amide bonds. The maximum absolute atomic E-state index is 12.2. The van der Waals surface area contributed by atoms with Crippen molar-refractivity contribution in [2.24, 2.45) is 5.92 Å². The molecule has 0 aliphatic carbocycles. The van der Waals surface area contributed by atoms with Gasteiger partial charge in [0.2, 0.25) is 0 Å². The van der Waals surface area contributed by atoms with Gasteiger partial charge in [-0.3, -0.25) is 4.79 Å². The highest BCUT2D eigenvalue weighted by molar-refractivity contribution is 5.99. The minimum Gasteiger partial charge on any atom is -0.384 e. The summed E-state index contributed by atoms with van der Waals surface area (Å²) in [6, 6.07) is 5.93.